The van der Waals surface area contributed by atoms with Gasteiger partial charge in [0.1, 0.15) is 5.82 Å². The summed E-state index contributed by atoms with van der Waals surface area (Å²) in [5, 5.41) is 2.93. The number of carbonyl (C=O) groups is 1. The molecule has 0 unspecified atom stereocenters. The number of carbonyl (C=O) groups excluding carboxylic acids is 1. The number of hydrogen-bond acceptors (Lipinski definition) is 2. The number of benzene rings is 1. The molecule has 3 nitrogen and oxygen atoms in total. The van der Waals surface area contributed by atoms with Crippen molar-refractivity contribution >= 4 is 40.4 Å². The molecule has 108 valence electrons. The first kappa shape index (κ1) is 15.2. The third-order valence-electron chi connectivity index (χ3n) is 3.79. The van der Waals surface area contributed by atoms with Gasteiger partial charge in [-0.25, -0.2) is 4.39 Å². The van der Waals surface area contributed by atoms with Gasteiger partial charge in [-0.1, -0.05) is 43.1 Å². The topological polar surface area (TPSA) is 55.1 Å². The molecule has 1 aliphatic carbocycles. The maximum atomic E-state index is 13.7. The summed E-state index contributed by atoms with van der Waals surface area (Å²) < 4.78 is 13.7. The van der Waals surface area contributed by atoms with Gasteiger partial charge in [0.05, 0.1) is 16.1 Å². The summed E-state index contributed by atoms with van der Waals surface area (Å²) in [6.07, 6.45) is 4.06. The quantitative estimate of drug-likeness (QED) is 0.837. The number of nitrogens with two attached hydrogens (primary N) is 1. The molecule has 1 saturated carbocycles. The van der Waals surface area contributed by atoms with E-state index in [9.17, 15) is 9.18 Å². The lowest BCUT2D eigenvalue weighted by Crippen LogP contribution is -2.47. The molecule has 0 heterocycles. The third-order valence-corrected chi connectivity index (χ3v) is 4.42. The Bertz CT molecular complexity index is 544. The fourth-order valence-electron chi connectivity index (χ4n) is 2.58. The van der Waals surface area contributed by atoms with Crippen LogP contribution in [0.15, 0.2) is 18.2 Å². The van der Waals surface area contributed by atoms with E-state index in [1.165, 1.54) is 18.2 Å². The molecule has 0 aliphatic heterocycles. The van der Waals surface area contributed by atoms with E-state index >= 15 is 0 Å². The second-order valence-electron chi connectivity index (χ2n) is 5.09. The molecule has 1 aromatic carbocycles. The van der Waals surface area contributed by atoms with Crippen LogP contribution in [0.5, 0.6) is 0 Å². The lowest BCUT2D eigenvalue weighted by atomic mass is 9.73. The summed E-state index contributed by atoms with van der Waals surface area (Å²) in [6.45, 7) is 0. The van der Waals surface area contributed by atoms with Crippen molar-refractivity contribution in [2.24, 2.45) is 11.1 Å². The number of halogens is 2. The fraction of sp³-hybridized carbons (Fsp3) is 0.429. The van der Waals surface area contributed by atoms with Gasteiger partial charge in [-0.15, -0.1) is 0 Å². The zero-order chi connectivity index (χ0) is 14.8. The van der Waals surface area contributed by atoms with Gasteiger partial charge in [-0.2, -0.15) is 0 Å². The van der Waals surface area contributed by atoms with Crippen LogP contribution in [0.25, 0.3) is 0 Å². The van der Waals surface area contributed by atoms with Crippen molar-refractivity contribution in [1.29, 1.82) is 0 Å². The van der Waals surface area contributed by atoms with Crippen LogP contribution in [0.2, 0.25) is 5.02 Å². The summed E-state index contributed by atoms with van der Waals surface area (Å²) in [4.78, 5) is 12.7. The monoisotopic (exact) mass is 314 g/mol. The Morgan fingerprint density at radius 1 is 1.35 bits per heavy atom. The summed E-state index contributed by atoms with van der Waals surface area (Å²) in [6, 6.07) is 4.02. The van der Waals surface area contributed by atoms with Gasteiger partial charge in [0.15, 0.2) is 0 Å². The highest BCUT2D eigenvalue weighted by Gasteiger charge is 2.42. The molecule has 0 saturated heterocycles. The van der Waals surface area contributed by atoms with Crippen molar-refractivity contribution in [2.75, 3.05) is 5.32 Å². The van der Waals surface area contributed by atoms with Gasteiger partial charge >= 0.3 is 0 Å². The molecule has 3 N–H and O–H groups in total. The minimum absolute atomic E-state index is 0.0590. The van der Waals surface area contributed by atoms with Crippen LogP contribution in [0.3, 0.4) is 0 Å². The average molecular weight is 315 g/mol. The molecule has 1 amide bonds. The van der Waals surface area contributed by atoms with Crippen LogP contribution in [0.1, 0.15) is 32.1 Å². The normalized spacial score (nSPS) is 17.5. The maximum absolute atomic E-state index is 13.7. The van der Waals surface area contributed by atoms with Crippen LogP contribution < -0.4 is 11.1 Å². The van der Waals surface area contributed by atoms with Crippen molar-refractivity contribution in [3.63, 3.8) is 0 Å². The van der Waals surface area contributed by atoms with Gasteiger partial charge in [0, 0.05) is 5.02 Å². The van der Waals surface area contributed by atoms with Gasteiger partial charge in [-0.05, 0) is 31.0 Å². The Kier molecular flexibility index (Phi) is 4.60. The summed E-state index contributed by atoms with van der Waals surface area (Å²) in [5.74, 6) is -0.873. The first-order chi connectivity index (χ1) is 9.45. The molecule has 20 heavy (non-hydrogen) atoms. The van der Waals surface area contributed by atoms with Gasteiger partial charge in [0.2, 0.25) is 5.91 Å². The van der Waals surface area contributed by atoms with Crippen molar-refractivity contribution in [1.82, 2.24) is 0 Å². The molecule has 1 aromatic rings. The molecule has 0 atom stereocenters. The van der Waals surface area contributed by atoms with Crippen LogP contribution in [-0.4, -0.2) is 10.9 Å². The third kappa shape index (κ3) is 2.94. The molecule has 0 radical (unpaired) electrons. The van der Waals surface area contributed by atoms with E-state index in [2.05, 4.69) is 5.32 Å². The smallest absolute Gasteiger partial charge is 0.237 e. The first-order valence-electron chi connectivity index (χ1n) is 6.52. The van der Waals surface area contributed by atoms with Crippen LogP contribution in [-0.2, 0) is 4.79 Å². The van der Waals surface area contributed by atoms with Gasteiger partial charge < -0.3 is 11.1 Å². The summed E-state index contributed by atoms with van der Waals surface area (Å²) in [5.41, 5.74) is 4.96. The minimum atomic E-state index is -0.873. The van der Waals surface area contributed by atoms with E-state index in [1.54, 1.807) is 0 Å². The van der Waals surface area contributed by atoms with E-state index in [0.717, 1.165) is 19.3 Å². The number of hydrogen-bond donors (Lipinski definition) is 2. The van der Waals surface area contributed by atoms with E-state index < -0.39 is 11.2 Å². The molecule has 2 rings (SSSR count). The van der Waals surface area contributed by atoms with E-state index in [1.807, 2.05) is 0 Å². The van der Waals surface area contributed by atoms with Crippen molar-refractivity contribution in [3.8, 4) is 0 Å². The number of amides is 1. The van der Waals surface area contributed by atoms with Crippen molar-refractivity contribution in [2.45, 2.75) is 32.1 Å². The molecule has 1 aliphatic rings. The second kappa shape index (κ2) is 6.06. The predicted octanol–water partition coefficient (Wildman–Crippen LogP) is 3.65. The first-order valence-corrected chi connectivity index (χ1v) is 7.31. The van der Waals surface area contributed by atoms with Crippen LogP contribution in [0.4, 0.5) is 10.1 Å². The molecule has 1 fully saturated rings. The molecule has 0 aromatic heterocycles. The number of thiocarbonyl (C=S) groups is 1. The fourth-order valence-corrected chi connectivity index (χ4v) is 3.04. The van der Waals surface area contributed by atoms with Crippen LogP contribution in [0, 0.1) is 11.2 Å². The average Bonchev–Trinajstić information content (AvgIpc) is 2.43. The van der Waals surface area contributed by atoms with Crippen LogP contribution >= 0.6 is 23.8 Å². The van der Waals surface area contributed by atoms with Crippen molar-refractivity contribution in [3.05, 3.63) is 29.0 Å². The second-order valence-corrected chi connectivity index (χ2v) is 5.96. The summed E-state index contributed by atoms with van der Waals surface area (Å²) >= 11 is 10.9. The Balaban J connectivity index is 2.25. The SMILES string of the molecule is NC(=S)C1(C(=O)Nc2cc(Cl)ccc2F)CCCCC1. The van der Waals surface area contributed by atoms with E-state index in [4.69, 9.17) is 29.6 Å². The predicted molar refractivity (Wildman–Crippen MR) is 82.3 cm³/mol. The zero-order valence-electron chi connectivity index (χ0n) is 10.9. The van der Waals surface area contributed by atoms with E-state index in [-0.39, 0.29) is 16.6 Å². The lowest BCUT2D eigenvalue weighted by Gasteiger charge is -2.34. The zero-order valence-corrected chi connectivity index (χ0v) is 12.5. The molecular formula is C14H16ClFN2OS. The van der Waals surface area contributed by atoms with Gasteiger partial charge in [0.25, 0.3) is 0 Å². The highest BCUT2D eigenvalue weighted by Crippen LogP contribution is 2.38. The molecule has 0 spiro atoms. The molecule has 0 bridgehead atoms. The number of nitrogens with one attached hydrogen (secondary N) is 1. The number of rotatable bonds is 3. The minimum Gasteiger partial charge on any atom is -0.392 e. The summed E-state index contributed by atoms with van der Waals surface area (Å²) in [7, 11) is 0. The van der Waals surface area contributed by atoms with Gasteiger partial charge in [-0.3, -0.25) is 4.79 Å². The Hall–Kier alpha value is -1.20. The van der Waals surface area contributed by atoms with Crippen molar-refractivity contribution < 1.29 is 9.18 Å². The molecular weight excluding hydrogens is 299 g/mol. The Labute approximate surface area is 127 Å². The standard InChI is InChI=1S/C14H16ClFN2OS/c15-9-4-5-10(16)11(8-9)18-13(19)14(12(17)20)6-2-1-3-7-14/h4-5,8H,1-3,6-7H2,(H2,17,20)(H,18,19). The molecule has 6 heteroatoms. The highest BCUT2D eigenvalue weighted by molar-refractivity contribution is 7.80. The Morgan fingerprint density at radius 3 is 2.60 bits per heavy atom. The Morgan fingerprint density at radius 2 is 2.00 bits per heavy atom. The highest BCUT2D eigenvalue weighted by atomic mass is 35.5. The lowest BCUT2D eigenvalue weighted by molar-refractivity contribution is -0.123. The van der Waals surface area contributed by atoms with E-state index in [0.29, 0.717) is 17.9 Å². The number of anilines is 1. The maximum Gasteiger partial charge on any atom is 0.237 e. The largest absolute Gasteiger partial charge is 0.392 e.